The second kappa shape index (κ2) is 7.22. The number of rotatable bonds is 5. The number of carbonyl (C=O) groups is 1. The monoisotopic (exact) mass is 371 g/mol. The van der Waals surface area contributed by atoms with Gasteiger partial charge in [0, 0.05) is 11.2 Å². The Kier molecular flexibility index (Phi) is 5.01. The molecule has 26 heavy (non-hydrogen) atoms. The fourth-order valence-corrected chi connectivity index (χ4v) is 2.75. The van der Waals surface area contributed by atoms with Crippen LogP contribution in [0, 0.1) is 11.3 Å². The number of aromatic nitrogens is 1. The first-order valence-electron chi connectivity index (χ1n) is 8.15. The van der Waals surface area contributed by atoms with Gasteiger partial charge in [-0.3, -0.25) is 4.79 Å². The summed E-state index contributed by atoms with van der Waals surface area (Å²) in [6.45, 7) is 4.30. The lowest BCUT2D eigenvalue weighted by Crippen LogP contribution is -2.61. The molecule has 1 aliphatic rings. The van der Waals surface area contributed by atoms with Gasteiger partial charge in [-0.05, 0) is 50.2 Å². The first kappa shape index (κ1) is 18.0. The summed E-state index contributed by atoms with van der Waals surface area (Å²) in [5.41, 5.74) is -0.634. The van der Waals surface area contributed by atoms with Crippen molar-refractivity contribution in [3.8, 4) is 17.7 Å². The fraction of sp³-hybridized carbons (Fsp3) is 0.316. The van der Waals surface area contributed by atoms with Crippen LogP contribution in [0.25, 0.3) is 0 Å². The molecule has 1 aliphatic heterocycles. The molecule has 1 saturated heterocycles. The van der Waals surface area contributed by atoms with Crippen molar-refractivity contribution >= 4 is 17.5 Å². The zero-order valence-electron chi connectivity index (χ0n) is 14.5. The molecule has 2 aromatic rings. The third kappa shape index (κ3) is 3.89. The van der Waals surface area contributed by atoms with Gasteiger partial charge in [0.05, 0.1) is 13.1 Å². The van der Waals surface area contributed by atoms with Crippen LogP contribution in [0.2, 0.25) is 5.02 Å². The van der Waals surface area contributed by atoms with E-state index in [4.69, 9.17) is 26.3 Å². The van der Waals surface area contributed by atoms with Crippen LogP contribution in [-0.2, 0) is 4.79 Å². The van der Waals surface area contributed by atoms with Gasteiger partial charge >= 0.3 is 0 Å². The standard InChI is InChI=1S/C19H18ClN3O3/c1-19(2,26-15-7-5-14(20)6-8-15)18(24)23-11-16(12-23)25-17-13(10-21)4-3-9-22-17/h3-9,16H,11-12H2,1-2H3. The van der Waals surface area contributed by atoms with Crippen LogP contribution in [0.1, 0.15) is 19.4 Å². The molecule has 0 saturated carbocycles. The number of benzene rings is 1. The Morgan fingerprint density at radius 2 is 2.00 bits per heavy atom. The highest BCUT2D eigenvalue weighted by atomic mass is 35.5. The van der Waals surface area contributed by atoms with Crippen LogP contribution in [0.4, 0.5) is 0 Å². The van der Waals surface area contributed by atoms with E-state index in [9.17, 15) is 4.79 Å². The Balaban J connectivity index is 1.57. The lowest BCUT2D eigenvalue weighted by atomic mass is 10.0. The molecule has 0 atom stereocenters. The number of nitrogens with zero attached hydrogens (tertiary/aromatic N) is 3. The van der Waals surface area contributed by atoms with Gasteiger partial charge in [-0.2, -0.15) is 5.26 Å². The second-order valence-corrected chi connectivity index (χ2v) is 6.92. The number of hydrogen-bond donors (Lipinski definition) is 0. The maximum Gasteiger partial charge on any atom is 0.266 e. The maximum absolute atomic E-state index is 12.7. The number of likely N-dealkylation sites (tertiary alicyclic amines) is 1. The second-order valence-electron chi connectivity index (χ2n) is 6.48. The van der Waals surface area contributed by atoms with Gasteiger partial charge in [-0.25, -0.2) is 4.98 Å². The third-order valence-electron chi connectivity index (χ3n) is 4.01. The topological polar surface area (TPSA) is 75.4 Å². The van der Waals surface area contributed by atoms with Crippen molar-refractivity contribution in [3.63, 3.8) is 0 Å². The van der Waals surface area contributed by atoms with Crippen molar-refractivity contribution in [2.24, 2.45) is 0 Å². The van der Waals surface area contributed by atoms with Crippen LogP contribution in [0.3, 0.4) is 0 Å². The molecule has 1 aromatic heterocycles. The number of carbonyl (C=O) groups excluding carboxylic acids is 1. The lowest BCUT2D eigenvalue weighted by molar-refractivity contribution is -0.154. The Labute approximate surface area is 156 Å². The summed E-state index contributed by atoms with van der Waals surface area (Å²) in [5, 5.41) is 9.67. The first-order valence-corrected chi connectivity index (χ1v) is 8.52. The average Bonchev–Trinajstić information content (AvgIpc) is 2.59. The van der Waals surface area contributed by atoms with Crippen molar-refractivity contribution < 1.29 is 14.3 Å². The average molecular weight is 372 g/mol. The molecular formula is C19H18ClN3O3. The van der Waals surface area contributed by atoms with Gasteiger partial charge < -0.3 is 14.4 Å². The zero-order valence-corrected chi connectivity index (χ0v) is 15.2. The van der Waals surface area contributed by atoms with E-state index in [1.165, 1.54) is 0 Å². The molecule has 0 spiro atoms. The summed E-state index contributed by atoms with van der Waals surface area (Å²) >= 11 is 5.86. The minimum Gasteiger partial charge on any atom is -0.478 e. The first-order chi connectivity index (χ1) is 12.4. The Morgan fingerprint density at radius 3 is 2.65 bits per heavy atom. The van der Waals surface area contributed by atoms with Crippen molar-refractivity contribution in [1.29, 1.82) is 5.26 Å². The quantitative estimate of drug-likeness (QED) is 0.807. The largest absolute Gasteiger partial charge is 0.478 e. The number of halogens is 1. The normalized spacial score (nSPS) is 14.3. The van der Waals surface area contributed by atoms with Crippen LogP contribution >= 0.6 is 11.6 Å². The van der Waals surface area contributed by atoms with Crippen molar-refractivity contribution in [2.75, 3.05) is 13.1 Å². The van der Waals surface area contributed by atoms with E-state index < -0.39 is 5.60 Å². The Hall–Kier alpha value is -2.78. The maximum atomic E-state index is 12.7. The summed E-state index contributed by atoms with van der Waals surface area (Å²) in [5.74, 6) is 0.742. The summed E-state index contributed by atoms with van der Waals surface area (Å²) in [7, 11) is 0. The predicted octanol–water partition coefficient (Wildman–Crippen LogP) is 3.05. The molecule has 7 heteroatoms. The highest BCUT2D eigenvalue weighted by molar-refractivity contribution is 6.30. The minimum absolute atomic E-state index is 0.131. The molecule has 0 N–H and O–H groups in total. The number of nitriles is 1. The summed E-state index contributed by atoms with van der Waals surface area (Å²) in [6.07, 6.45) is 1.38. The van der Waals surface area contributed by atoms with E-state index in [1.807, 2.05) is 6.07 Å². The molecule has 2 heterocycles. The molecule has 1 amide bonds. The number of amides is 1. The Bertz CT molecular complexity index is 840. The molecule has 0 unspecified atom stereocenters. The van der Waals surface area contributed by atoms with Gasteiger partial charge in [-0.1, -0.05) is 11.6 Å². The van der Waals surface area contributed by atoms with E-state index >= 15 is 0 Å². The van der Waals surface area contributed by atoms with Gasteiger partial charge in [0.25, 0.3) is 5.91 Å². The summed E-state index contributed by atoms with van der Waals surface area (Å²) < 4.78 is 11.5. The smallest absolute Gasteiger partial charge is 0.266 e. The number of ether oxygens (including phenoxy) is 2. The number of pyridine rings is 1. The molecule has 1 aromatic carbocycles. The van der Waals surface area contributed by atoms with E-state index in [-0.39, 0.29) is 12.0 Å². The van der Waals surface area contributed by atoms with Crippen LogP contribution in [-0.4, -0.2) is 40.6 Å². The summed E-state index contributed by atoms with van der Waals surface area (Å²) in [4.78, 5) is 18.4. The van der Waals surface area contributed by atoms with Crippen molar-refractivity contribution in [1.82, 2.24) is 9.88 Å². The van der Waals surface area contributed by atoms with Crippen LogP contribution in [0.15, 0.2) is 42.6 Å². The SMILES string of the molecule is CC(C)(Oc1ccc(Cl)cc1)C(=O)N1CC(Oc2ncccc2C#N)C1. The molecule has 0 aliphatic carbocycles. The molecule has 3 rings (SSSR count). The van der Waals surface area contributed by atoms with E-state index in [1.54, 1.807) is 61.3 Å². The molecular weight excluding hydrogens is 354 g/mol. The van der Waals surface area contributed by atoms with E-state index in [0.29, 0.717) is 35.3 Å². The zero-order chi connectivity index (χ0) is 18.7. The minimum atomic E-state index is -1.01. The number of hydrogen-bond acceptors (Lipinski definition) is 5. The van der Waals surface area contributed by atoms with Gasteiger partial charge in [0.2, 0.25) is 5.88 Å². The fourth-order valence-electron chi connectivity index (χ4n) is 2.63. The molecule has 6 nitrogen and oxygen atoms in total. The third-order valence-corrected chi connectivity index (χ3v) is 4.26. The summed E-state index contributed by atoms with van der Waals surface area (Å²) in [6, 6.07) is 12.2. The molecule has 1 fully saturated rings. The molecule has 134 valence electrons. The molecule has 0 radical (unpaired) electrons. The van der Waals surface area contributed by atoms with Crippen molar-refractivity contribution in [2.45, 2.75) is 25.6 Å². The predicted molar refractivity (Wildman–Crippen MR) is 96.1 cm³/mol. The van der Waals surface area contributed by atoms with Gasteiger partial charge in [-0.15, -0.1) is 0 Å². The van der Waals surface area contributed by atoms with E-state index in [2.05, 4.69) is 4.98 Å². The highest BCUT2D eigenvalue weighted by Crippen LogP contribution is 2.25. The lowest BCUT2D eigenvalue weighted by Gasteiger charge is -2.42. The highest BCUT2D eigenvalue weighted by Gasteiger charge is 2.41. The van der Waals surface area contributed by atoms with Gasteiger partial charge in [0.1, 0.15) is 23.5 Å². The molecule has 0 bridgehead atoms. The van der Waals surface area contributed by atoms with Crippen LogP contribution in [0.5, 0.6) is 11.6 Å². The van der Waals surface area contributed by atoms with E-state index in [0.717, 1.165) is 0 Å². The van der Waals surface area contributed by atoms with Gasteiger partial charge in [0.15, 0.2) is 5.60 Å². The van der Waals surface area contributed by atoms with Crippen molar-refractivity contribution in [3.05, 3.63) is 53.2 Å². The van der Waals surface area contributed by atoms with Crippen LogP contribution < -0.4 is 9.47 Å². The Morgan fingerprint density at radius 1 is 1.31 bits per heavy atom.